The van der Waals surface area contributed by atoms with Crippen molar-refractivity contribution in [1.82, 2.24) is 9.55 Å². The first-order valence-electron chi connectivity index (χ1n) is 5.36. The average Bonchev–Trinajstić information content (AvgIpc) is 2.79. The highest BCUT2D eigenvalue weighted by Crippen LogP contribution is 2.28. The Hall–Kier alpha value is -1.56. The molecule has 0 amide bonds. The van der Waals surface area contributed by atoms with Gasteiger partial charge < -0.3 is 5.73 Å². The van der Waals surface area contributed by atoms with Crippen molar-refractivity contribution in [3.63, 3.8) is 0 Å². The lowest BCUT2D eigenvalue weighted by Gasteiger charge is -2.08. The summed E-state index contributed by atoms with van der Waals surface area (Å²) in [6.45, 7) is -0.591. The van der Waals surface area contributed by atoms with E-state index in [2.05, 4.69) is 4.98 Å². The van der Waals surface area contributed by atoms with Gasteiger partial charge in [0.25, 0.3) is 0 Å². The fourth-order valence-corrected chi connectivity index (χ4v) is 2.57. The molecule has 0 aliphatic carbocycles. The van der Waals surface area contributed by atoms with E-state index in [4.69, 9.17) is 5.73 Å². The minimum Gasteiger partial charge on any atom is -0.399 e. The van der Waals surface area contributed by atoms with E-state index in [1.807, 2.05) is 25.1 Å². The van der Waals surface area contributed by atoms with Crippen LogP contribution in [0.5, 0.6) is 0 Å². The second-order valence-electron chi connectivity index (χ2n) is 3.84. The van der Waals surface area contributed by atoms with Crippen molar-refractivity contribution in [2.45, 2.75) is 24.1 Å². The number of rotatable bonds is 4. The first-order chi connectivity index (χ1) is 8.58. The van der Waals surface area contributed by atoms with Crippen molar-refractivity contribution >= 4 is 17.4 Å². The number of anilines is 1. The van der Waals surface area contributed by atoms with Gasteiger partial charge in [0, 0.05) is 23.0 Å². The molecular formula is C12H13F2N3S. The molecule has 0 bridgehead atoms. The molecule has 0 unspecified atom stereocenters. The molecular weight excluding hydrogens is 256 g/mol. The van der Waals surface area contributed by atoms with Crippen molar-refractivity contribution in [1.29, 1.82) is 0 Å². The number of hydrogen-bond donors (Lipinski definition) is 1. The summed E-state index contributed by atoms with van der Waals surface area (Å²) in [5, 5.41) is 0. The molecule has 18 heavy (non-hydrogen) atoms. The van der Waals surface area contributed by atoms with Gasteiger partial charge in [0.15, 0.2) is 0 Å². The predicted molar refractivity (Wildman–Crippen MR) is 68.6 cm³/mol. The van der Waals surface area contributed by atoms with Gasteiger partial charge in [-0.05, 0) is 24.6 Å². The van der Waals surface area contributed by atoms with E-state index in [9.17, 15) is 8.78 Å². The molecule has 0 aliphatic heterocycles. The molecule has 6 heteroatoms. The number of thioether (sulfide) groups is 1. The number of nitrogens with zero attached hydrogens (tertiary/aromatic N) is 2. The lowest BCUT2D eigenvalue weighted by atomic mass is 10.2. The SMILES string of the molecule is Cc1ccc(N)cc1SCc1nccn1C(F)F. The summed E-state index contributed by atoms with van der Waals surface area (Å²) < 4.78 is 26.1. The first kappa shape index (κ1) is 12.9. The normalized spacial score (nSPS) is 11.1. The quantitative estimate of drug-likeness (QED) is 0.683. The Morgan fingerprint density at radius 1 is 1.44 bits per heavy atom. The lowest BCUT2D eigenvalue weighted by molar-refractivity contribution is 0.0678. The summed E-state index contributed by atoms with van der Waals surface area (Å²) >= 11 is 1.45. The molecule has 1 aromatic heterocycles. The van der Waals surface area contributed by atoms with Crippen LogP contribution >= 0.6 is 11.8 Å². The summed E-state index contributed by atoms with van der Waals surface area (Å²) in [7, 11) is 0. The Bertz CT molecular complexity index is 540. The van der Waals surface area contributed by atoms with Gasteiger partial charge >= 0.3 is 6.55 Å². The number of halogens is 2. The van der Waals surface area contributed by atoms with Crippen LogP contribution in [0.25, 0.3) is 0 Å². The van der Waals surface area contributed by atoms with Gasteiger partial charge in [-0.25, -0.2) is 4.98 Å². The average molecular weight is 269 g/mol. The van der Waals surface area contributed by atoms with Gasteiger partial charge in [-0.2, -0.15) is 8.78 Å². The van der Waals surface area contributed by atoms with Crippen molar-refractivity contribution in [2.24, 2.45) is 0 Å². The first-order valence-corrected chi connectivity index (χ1v) is 6.35. The van der Waals surface area contributed by atoms with Crippen LogP contribution in [0.15, 0.2) is 35.5 Å². The maximum absolute atomic E-state index is 12.6. The largest absolute Gasteiger partial charge is 0.399 e. The van der Waals surface area contributed by atoms with Crippen LogP contribution in [0.3, 0.4) is 0 Å². The number of benzene rings is 1. The van der Waals surface area contributed by atoms with Crippen molar-refractivity contribution in [2.75, 3.05) is 5.73 Å². The molecule has 3 nitrogen and oxygen atoms in total. The third kappa shape index (κ3) is 2.81. The number of aryl methyl sites for hydroxylation is 1. The van der Waals surface area contributed by atoms with Gasteiger partial charge in [0.2, 0.25) is 0 Å². The number of nitrogens with two attached hydrogens (primary N) is 1. The zero-order chi connectivity index (χ0) is 13.1. The number of imidazole rings is 1. The highest BCUT2D eigenvalue weighted by molar-refractivity contribution is 7.98. The van der Waals surface area contributed by atoms with Crippen LogP contribution in [0.1, 0.15) is 17.9 Å². The van der Waals surface area contributed by atoms with Gasteiger partial charge in [-0.15, -0.1) is 11.8 Å². The number of hydrogen-bond acceptors (Lipinski definition) is 3. The van der Waals surface area contributed by atoms with Crippen LogP contribution in [0, 0.1) is 6.92 Å². The lowest BCUT2D eigenvalue weighted by Crippen LogP contribution is -2.02. The Morgan fingerprint density at radius 3 is 2.94 bits per heavy atom. The summed E-state index contributed by atoms with van der Waals surface area (Å²) in [6, 6.07) is 5.58. The zero-order valence-corrected chi connectivity index (χ0v) is 10.6. The van der Waals surface area contributed by atoms with Crippen LogP contribution in [0.2, 0.25) is 0 Å². The smallest absolute Gasteiger partial charge is 0.319 e. The van der Waals surface area contributed by atoms with Crippen molar-refractivity contribution < 1.29 is 8.78 Å². The van der Waals surface area contributed by atoms with Crippen molar-refractivity contribution in [3.05, 3.63) is 42.0 Å². The van der Waals surface area contributed by atoms with E-state index in [0.29, 0.717) is 17.3 Å². The molecule has 2 rings (SSSR count). The third-order valence-corrected chi connectivity index (χ3v) is 3.68. The minimum atomic E-state index is -2.55. The molecule has 0 aliphatic rings. The molecule has 2 N–H and O–H groups in total. The number of aromatic nitrogens is 2. The predicted octanol–water partition coefficient (Wildman–Crippen LogP) is 3.46. The Balaban J connectivity index is 2.11. The van der Waals surface area contributed by atoms with E-state index in [0.717, 1.165) is 15.0 Å². The summed E-state index contributed by atoms with van der Waals surface area (Å²) in [5.41, 5.74) is 7.44. The highest BCUT2D eigenvalue weighted by atomic mass is 32.2. The maximum atomic E-state index is 12.6. The second-order valence-corrected chi connectivity index (χ2v) is 4.86. The van der Waals surface area contributed by atoms with E-state index < -0.39 is 6.55 Å². The topological polar surface area (TPSA) is 43.8 Å². The standard InChI is InChI=1S/C12H13F2N3S/c1-8-2-3-9(15)6-10(8)18-7-11-16-4-5-17(11)12(13)14/h2-6,12H,7,15H2,1H3. The van der Waals surface area contributed by atoms with E-state index >= 15 is 0 Å². The molecule has 0 saturated carbocycles. The Morgan fingerprint density at radius 2 is 2.22 bits per heavy atom. The Labute approximate surface area is 108 Å². The van der Waals surface area contributed by atoms with E-state index in [1.54, 1.807) is 0 Å². The molecule has 0 fully saturated rings. The van der Waals surface area contributed by atoms with Gasteiger partial charge in [0.1, 0.15) is 5.82 Å². The molecule has 0 saturated heterocycles. The summed E-state index contributed by atoms with van der Waals surface area (Å²) in [6.07, 6.45) is 2.67. The molecule has 1 heterocycles. The van der Waals surface area contributed by atoms with Crippen LogP contribution in [0.4, 0.5) is 14.5 Å². The van der Waals surface area contributed by atoms with Gasteiger partial charge in [-0.3, -0.25) is 4.57 Å². The highest BCUT2D eigenvalue weighted by Gasteiger charge is 2.11. The minimum absolute atomic E-state index is 0.358. The zero-order valence-electron chi connectivity index (χ0n) is 9.81. The van der Waals surface area contributed by atoms with Gasteiger partial charge in [0.05, 0.1) is 5.75 Å². The van der Waals surface area contributed by atoms with Crippen LogP contribution in [-0.4, -0.2) is 9.55 Å². The molecule has 2 aromatic rings. The van der Waals surface area contributed by atoms with Crippen molar-refractivity contribution in [3.8, 4) is 0 Å². The maximum Gasteiger partial charge on any atom is 0.319 e. The third-order valence-electron chi connectivity index (χ3n) is 2.53. The molecule has 1 aromatic carbocycles. The number of alkyl halides is 2. The summed E-state index contributed by atoms with van der Waals surface area (Å²) in [5.74, 6) is 0.749. The number of nitrogen functional groups attached to an aromatic ring is 1. The van der Waals surface area contributed by atoms with E-state index in [-0.39, 0.29) is 0 Å². The monoisotopic (exact) mass is 269 g/mol. The van der Waals surface area contributed by atoms with Crippen LogP contribution in [-0.2, 0) is 5.75 Å². The Kier molecular flexibility index (Phi) is 3.86. The molecule has 0 atom stereocenters. The molecule has 96 valence electrons. The van der Waals surface area contributed by atoms with Gasteiger partial charge in [-0.1, -0.05) is 6.07 Å². The van der Waals surface area contributed by atoms with Crippen LogP contribution < -0.4 is 5.73 Å². The summed E-state index contributed by atoms with van der Waals surface area (Å²) in [4.78, 5) is 4.92. The second kappa shape index (κ2) is 5.39. The molecule has 0 spiro atoms. The fraction of sp³-hybridized carbons (Fsp3) is 0.250. The van der Waals surface area contributed by atoms with E-state index in [1.165, 1.54) is 24.2 Å². The fourth-order valence-electron chi connectivity index (χ4n) is 1.55. The molecule has 0 radical (unpaired) electrons.